The lowest BCUT2D eigenvalue weighted by atomic mass is 9.99. The van der Waals surface area contributed by atoms with Crippen LogP contribution in [0.25, 0.3) is 6.08 Å². The fourth-order valence-corrected chi connectivity index (χ4v) is 2.63. The molecule has 2 aromatic rings. The van der Waals surface area contributed by atoms with Crippen LogP contribution in [0.2, 0.25) is 5.02 Å². The van der Waals surface area contributed by atoms with Crippen molar-refractivity contribution in [2.45, 2.75) is 33.8 Å². The summed E-state index contributed by atoms with van der Waals surface area (Å²) in [5, 5.41) is 9.63. The van der Waals surface area contributed by atoms with E-state index >= 15 is 0 Å². The molecule has 0 spiro atoms. The summed E-state index contributed by atoms with van der Waals surface area (Å²) in [6, 6.07) is 11.4. The maximum atomic E-state index is 10.9. The third-order valence-corrected chi connectivity index (χ3v) is 4.19. The van der Waals surface area contributed by atoms with E-state index < -0.39 is 5.97 Å². The van der Waals surface area contributed by atoms with Crippen LogP contribution in [-0.2, 0) is 17.8 Å². The van der Waals surface area contributed by atoms with Crippen molar-refractivity contribution >= 4 is 23.6 Å². The molecule has 0 aliphatic heterocycles. The molecular formula is C22H23ClO3. The van der Waals surface area contributed by atoms with E-state index in [-0.39, 0.29) is 0 Å². The first-order chi connectivity index (χ1) is 12.4. The summed E-state index contributed by atoms with van der Waals surface area (Å²) in [5.74, 6) is -0.268. The van der Waals surface area contributed by atoms with Gasteiger partial charge in [0.1, 0.15) is 12.4 Å². The number of carboxylic acids is 1. The highest BCUT2D eigenvalue weighted by Gasteiger charge is 2.11. The summed E-state index contributed by atoms with van der Waals surface area (Å²) in [6.45, 7) is 6.53. The van der Waals surface area contributed by atoms with Gasteiger partial charge in [0.15, 0.2) is 0 Å². The van der Waals surface area contributed by atoms with Gasteiger partial charge in [-0.2, -0.15) is 0 Å². The number of aliphatic carboxylic acids is 1. The Morgan fingerprint density at radius 1 is 1.15 bits per heavy atom. The third kappa shape index (κ3) is 5.78. The molecule has 0 amide bonds. The van der Waals surface area contributed by atoms with Gasteiger partial charge in [-0.05, 0) is 56.5 Å². The van der Waals surface area contributed by atoms with Crippen LogP contribution in [0.3, 0.4) is 0 Å². The van der Waals surface area contributed by atoms with E-state index in [1.165, 1.54) is 5.57 Å². The van der Waals surface area contributed by atoms with E-state index in [0.717, 1.165) is 40.5 Å². The van der Waals surface area contributed by atoms with Crippen LogP contribution < -0.4 is 4.74 Å². The zero-order chi connectivity index (χ0) is 19.1. The predicted octanol–water partition coefficient (Wildman–Crippen LogP) is 5.83. The standard InChI is InChI=1S/C22H23ClO3/c1-15(2)4-12-20-16(3)5-8-18(9-13-21(24)25)22(20)26-14-17-6-10-19(23)11-7-17/h4-11,13H,12,14H2,1-3H3,(H,24,25)/b13-9+. The van der Waals surface area contributed by atoms with Gasteiger partial charge in [-0.3, -0.25) is 0 Å². The van der Waals surface area contributed by atoms with Gasteiger partial charge >= 0.3 is 5.97 Å². The molecule has 26 heavy (non-hydrogen) atoms. The van der Waals surface area contributed by atoms with Gasteiger partial charge in [-0.1, -0.05) is 47.5 Å². The van der Waals surface area contributed by atoms with Gasteiger partial charge in [0.05, 0.1) is 0 Å². The first-order valence-corrected chi connectivity index (χ1v) is 8.78. The van der Waals surface area contributed by atoms with Crippen molar-refractivity contribution in [3.05, 3.63) is 81.4 Å². The number of rotatable bonds is 7. The molecule has 0 fully saturated rings. The number of aryl methyl sites for hydroxylation is 1. The summed E-state index contributed by atoms with van der Waals surface area (Å²) >= 11 is 5.93. The second-order valence-corrected chi connectivity index (χ2v) is 6.79. The van der Waals surface area contributed by atoms with Crippen molar-refractivity contribution in [1.82, 2.24) is 0 Å². The Kier molecular flexibility index (Phi) is 7.05. The van der Waals surface area contributed by atoms with Crippen LogP contribution >= 0.6 is 11.6 Å². The molecule has 0 heterocycles. The first kappa shape index (κ1) is 19.8. The Morgan fingerprint density at radius 2 is 1.85 bits per heavy atom. The van der Waals surface area contributed by atoms with E-state index in [0.29, 0.717) is 11.6 Å². The molecule has 2 rings (SSSR count). The highest BCUT2D eigenvalue weighted by molar-refractivity contribution is 6.30. The molecule has 0 radical (unpaired) electrons. The van der Waals surface area contributed by atoms with Crippen molar-refractivity contribution in [3.63, 3.8) is 0 Å². The maximum Gasteiger partial charge on any atom is 0.328 e. The third-order valence-electron chi connectivity index (χ3n) is 3.94. The monoisotopic (exact) mass is 370 g/mol. The molecule has 3 nitrogen and oxygen atoms in total. The van der Waals surface area contributed by atoms with Crippen LogP contribution in [0.4, 0.5) is 0 Å². The summed E-state index contributed by atoms with van der Waals surface area (Å²) in [6.07, 6.45) is 5.58. The largest absolute Gasteiger partial charge is 0.488 e. The van der Waals surface area contributed by atoms with E-state index in [1.807, 2.05) is 43.3 Å². The zero-order valence-corrected chi connectivity index (χ0v) is 16.0. The molecule has 136 valence electrons. The first-order valence-electron chi connectivity index (χ1n) is 8.41. The topological polar surface area (TPSA) is 46.5 Å². The fourth-order valence-electron chi connectivity index (χ4n) is 2.50. The van der Waals surface area contributed by atoms with E-state index in [2.05, 4.69) is 19.9 Å². The number of benzene rings is 2. The van der Waals surface area contributed by atoms with E-state index in [9.17, 15) is 4.79 Å². The molecule has 4 heteroatoms. The SMILES string of the molecule is CC(C)=CCc1c(C)ccc(/C=C/C(=O)O)c1OCc1ccc(Cl)cc1. The summed E-state index contributed by atoms with van der Waals surface area (Å²) < 4.78 is 6.12. The Hall–Kier alpha value is -2.52. The average molecular weight is 371 g/mol. The number of carboxylic acid groups (broad SMARTS) is 1. The molecule has 1 N–H and O–H groups in total. The van der Waals surface area contributed by atoms with Gasteiger partial charge in [0.25, 0.3) is 0 Å². The molecule has 0 bridgehead atoms. The number of halogens is 1. The Morgan fingerprint density at radius 3 is 2.46 bits per heavy atom. The Labute approximate surface area is 159 Å². The normalized spacial score (nSPS) is 10.8. The lowest BCUT2D eigenvalue weighted by molar-refractivity contribution is -0.131. The quantitative estimate of drug-likeness (QED) is 0.492. The summed E-state index contributed by atoms with van der Waals surface area (Å²) in [5.41, 5.74) is 5.15. The molecule has 0 unspecified atom stereocenters. The minimum Gasteiger partial charge on any atom is -0.488 e. The minimum absolute atomic E-state index is 0.385. The van der Waals surface area contributed by atoms with Gasteiger partial charge in [-0.25, -0.2) is 4.79 Å². The summed E-state index contributed by atoms with van der Waals surface area (Å²) in [7, 11) is 0. The van der Waals surface area contributed by atoms with Crippen LogP contribution in [-0.4, -0.2) is 11.1 Å². The second kappa shape index (κ2) is 9.25. The van der Waals surface area contributed by atoms with Crippen molar-refractivity contribution < 1.29 is 14.6 Å². The molecule has 0 atom stereocenters. The van der Waals surface area contributed by atoms with Gasteiger partial charge in [-0.15, -0.1) is 0 Å². The number of carbonyl (C=O) groups is 1. The smallest absolute Gasteiger partial charge is 0.328 e. The van der Waals surface area contributed by atoms with Gasteiger partial charge in [0, 0.05) is 22.2 Å². The average Bonchev–Trinajstić information content (AvgIpc) is 2.59. The number of allylic oxidation sites excluding steroid dienone is 2. The molecule has 0 aromatic heterocycles. The Balaban J connectivity index is 2.39. The summed E-state index contributed by atoms with van der Waals surface area (Å²) in [4.78, 5) is 10.9. The van der Waals surface area contributed by atoms with E-state index in [4.69, 9.17) is 21.4 Å². The van der Waals surface area contributed by atoms with Crippen molar-refractivity contribution in [1.29, 1.82) is 0 Å². The second-order valence-electron chi connectivity index (χ2n) is 6.35. The molecule has 0 saturated carbocycles. The molecule has 0 saturated heterocycles. The molecular weight excluding hydrogens is 348 g/mol. The highest BCUT2D eigenvalue weighted by atomic mass is 35.5. The van der Waals surface area contributed by atoms with Crippen LogP contribution in [0.5, 0.6) is 5.75 Å². The number of hydrogen-bond acceptors (Lipinski definition) is 2. The molecule has 2 aromatic carbocycles. The van der Waals surface area contributed by atoms with Crippen LogP contribution in [0.15, 0.2) is 54.1 Å². The molecule has 0 aliphatic carbocycles. The Bertz CT molecular complexity index is 829. The predicted molar refractivity (Wildman–Crippen MR) is 107 cm³/mol. The van der Waals surface area contributed by atoms with Gasteiger partial charge < -0.3 is 9.84 Å². The van der Waals surface area contributed by atoms with Gasteiger partial charge in [0.2, 0.25) is 0 Å². The highest BCUT2D eigenvalue weighted by Crippen LogP contribution is 2.30. The maximum absolute atomic E-state index is 10.9. The lowest BCUT2D eigenvalue weighted by Gasteiger charge is -2.16. The van der Waals surface area contributed by atoms with Crippen molar-refractivity contribution in [3.8, 4) is 5.75 Å². The van der Waals surface area contributed by atoms with E-state index in [1.54, 1.807) is 6.08 Å². The minimum atomic E-state index is -0.986. The zero-order valence-electron chi connectivity index (χ0n) is 15.3. The lowest BCUT2D eigenvalue weighted by Crippen LogP contribution is -2.02. The van der Waals surface area contributed by atoms with Crippen molar-refractivity contribution in [2.75, 3.05) is 0 Å². The van der Waals surface area contributed by atoms with Crippen molar-refractivity contribution in [2.24, 2.45) is 0 Å². The van der Waals surface area contributed by atoms with Crippen LogP contribution in [0, 0.1) is 6.92 Å². The fraction of sp³-hybridized carbons (Fsp3) is 0.227. The van der Waals surface area contributed by atoms with Crippen LogP contribution in [0.1, 0.15) is 36.1 Å². The number of ether oxygens (including phenoxy) is 1. The molecule has 0 aliphatic rings. The number of hydrogen-bond donors (Lipinski definition) is 1.